The fraction of sp³-hybridized carbons (Fsp3) is 1.00. The van der Waals surface area contributed by atoms with Gasteiger partial charge in [0, 0.05) is 39.5 Å². The van der Waals surface area contributed by atoms with Crippen molar-refractivity contribution < 1.29 is 29.2 Å². The van der Waals surface area contributed by atoms with Gasteiger partial charge in [0.15, 0.2) is 11.6 Å². The van der Waals surface area contributed by atoms with Gasteiger partial charge in [0.05, 0.1) is 25.3 Å². The second-order valence-electron chi connectivity index (χ2n) is 7.53. The molecule has 2 atom stereocenters. The van der Waals surface area contributed by atoms with Crippen LogP contribution >= 0.6 is 0 Å². The van der Waals surface area contributed by atoms with Crippen molar-refractivity contribution in [2.45, 2.75) is 65.3 Å². The van der Waals surface area contributed by atoms with Crippen LogP contribution in [0.3, 0.4) is 0 Å². The lowest BCUT2D eigenvalue weighted by Crippen LogP contribution is -2.50. The molecule has 0 aromatic heterocycles. The number of nitrogens with zero attached hydrogens (tertiary/aromatic N) is 2. The second-order valence-corrected chi connectivity index (χ2v) is 7.53. The number of aliphatic hydroxyl groups is 2. The zero-order valence-electron chi connectivity index (χ0n) is 19.2. The summed E-state index contributed by atoms with van der Waals surface area (Å²) in [7, 11) is 3.74. The molecule has 0 spiro atoms. The monoisotopic (exact) mass is 408 g/mol. The highest BCUT2D eigenvalue weighted by atomic mass is 16.7. The summed E-state index contributed by atoms with van der Waals surface area (Å²) in [6.07, 6.45) is -1.80. The number of hydrogen-bond donors (Lipinski definition) is 2. The van der Waals surface area contributed by atoms with E-state index in [1.807, 2.05) is 65.4 Å². The van der Waals surface area contributed by atoms with Gasteiger partial charge < -0.3 is 29.2 Å². The van der Waals surface area contributed by atoms with Gasteiger partial charge in [-0.15, -0.1) is 0 Å². The third kappa shape index (κ3) is 11.0. The van der Waals surface area contributed by atoms with Gasteiger partial charge in [-0.25, -0.2) is 0 Å². The summed E-state index contributed by atoms with van der Waals surface area (Å²) in [5.74, 6) is -1.48. The van der Waals surface area contributed by atoms with E-state index in [1.54, 1.807) is 0 Å². The van der Waals surface area contributed by atoms with Crippen LogP contribution in [0.2, 0.25) is 0 Å². The van der Waals surface area contributed by atoms with E-state index in [-0.39, 0.29) is 0 Å². The molecular formula is C20H44N2O6. The average molecular weight is 409 g/mol. The SMILES string of the molecule is CCOC(C)(CN(C)CC(O)C(O)CN(C)CC(C)(OCC)OCC)OCC. The number of likely N-dealkylation sites (N-methyl/N-ethyl adjacent to an activating group) is 2. The number of aliphatic hydroxyl groups excluding tert-OH is 2. The number of ether oxygens (including phenoxy) is 4. The van der Waals surface area contributed by atoms with E-state index < -0.39 is 23.8 Å². The largest absolute Gasteiger partial charge is 0.389 e. The predicted molar refractivity (Wildman–Crippen MR) is 110 cm³/mol. The van der Waals surface area contributed by atoms with Crippen LogP contribution in [-0.2, 0) is 18.9 Å². The Morgan fingerprint density at radius 3 is 1.11 bits per heavy atom. The van der Waals surface area contributed by atoms with E-state index >= 15 is 0 Å². The highest BCUT2D eigenvalue weighted by molar-refractivity contribution is 4.78. The van der Waals surface area contributed by atoms with Crippen LogP contribution in [0.5, 0.6) is 0 Å². The van der Waals surface area contributed by atoms with Crippen molar-refractivity contribution >= 4 is 0 Å². The van der Waals surface area contributed by atoms with Crippen molar-refractivity contribution in [2.24, 2.45) is 0 Å². The van der Waals surface area contributed by atoms with Crippen LogP contribution in [0.1, 0.15) is 41.5 Å². The molecule has 0 bridgehead atoms. The van der Waals surface area contributed by atoms with Crippen molar-refractivity contribution in [3.63, 3.8) is 0 Å². The molecule has 0 saturated carbocycles. The molecule has 0 aliphatic carbocycles. The zero-order valence-corrected chi connectivity index (χ0v) is 19.2. The second kappa shape index (κ2) is 13.8. The highest BCUT2D eigenvalue weighted by Gasteiger charge is 2.31. The summed E-state index contributed by atoms with van der Waals surface area (Å²) in [5.41, 5.74) is 0. The van der Waals surface area contributed by atoms with Gasteiger partial charge in [-0.1, -0.05) is 0 Å². The Labute approximate surface area is 171 Å². The van der Waals surface area contributed by atoms with Crippen LogP contribution in [0, 0.1) is 0 Å². The predicted octanol–water partition coefficient (Wildman–Crippen LogP) is 1.15. The van der Waals surface area contributed by atoms with Gasteiger partial charge in [-0.05, 0) is 55.6 Å². The third-order valence-electron chi connectivity index (χ3n) is 4.35. The van der Waals surface area contributed by atoms with E-state index in [0.29, 0.717) is 52.6 Å². The van der Waals surface area contributed by atoms with E-state index in [0.717, 1.165) is 0 Å². The molecule has 2 unspecified atom stereocenters. The van der Waals surface area contributed by atoms with Crippen LogP contribution in [0.15, 0.2) is 0 Å². The highest BCUT2D eigenvalue weighted by Crippen LogP contribution is 2.16. The molecule has 0 aromatic carbocycles. The summed E-state index contributed by atoms with van der Waals surface area (Å²) >= 11 is 0. The first-order valence-electron chi connectivity index (χ1n) is 10.3. The Morgan fingerprint density at radius 1 is 0.643 bits per heavy atom. The fourth-order valence-electron chi connectivity index (χ4n) is 3.48. The van der Waals surface area contributed by atoms with Crippen LogP contribution in [0.25, 0.3) is 0 Å². The summed E-state index contributed by atoms with van der Waals surface area (Å²) < 4.78 is 22.8. The van der Waals surface area contributed by atoms with Crippen LogP contribution < -0.4 is 0 Å². The first kappa shape index (κ1) is 27.7. The third-order valence-corrected chi connectivity index (χ3v) is 4.35. The van der Waals surface area contributed by atoms with Crippen molar-refractivity contribution in [2.75, 3.05) is 66.7 Å². The molecule has 28 heavy (non-hydrogen) atoms. The lowest BCUT2D eigenvalue weighted by atomic mass is 10.1. The van der Waals surface area contributed by atoms with Gasteiger partial charge in [-0.3, -0.25) is 9.80 Å². The summed E-state index contributed by atoms with van der Waals surface area (Å²) in [4.78, 5) is 3.81. The zero-order chi connectivity index (χ0) is 21.8. The fourth-order valence-corrected chi connectivity index (χ4v) is 3.48. The standard InChI is InChI=1S/C20H44N2O6/c1-9-25-19(5,26-10-2)15-21(7)13-17(23)18(24)14-22(8)16-20(6,27-11-3)28-12-4/h17-18,23-24H,9-16H2,1-8H3. The maximum absolute atomic E-state index is 10.4. The summed E-state index contributed by atoms with van der Waals surface area (Å²) in [5, 5.41) is 20.9. The van der Waals surface area contributed by atoms with E-state index in [4.69, 9.17) is 18.9 Å². The molecule has 0 aromatic rings. The maximum atomic E-state index is 10.4. The summed E-state index contributed by atoms with van der Waals surface area (Å²) in [6, 6.07) is 0. The first-order chi connectivity index (χ1) is 13.0. The smallest absolute Gasteiger partial charge is 0.178 e. The quantitative estimate of drug-likeness (QED) is 0.347. The molecule has 170 valence electrons. The van der Waals surface area contributed by atoms with Gasteiger partial charge in [0.2, 0.25) is 0 Å². The van der Waals surface area contributed by atoms with Crippen molar-refractivity contribution in [1.82, 2.24) is 9.80 Å². The molecule has 0 fully saturated rings. The number of rotatable bonds is 17. The lowest BCUT2D eigenvalue weighted by Gasteiger charge is -2.36. The molecule has 0 saturated heterocycles. The summed E-state index contributed by atoms with van der Waals surface area (Å²) in [6.45, 7) is 15.2. The Balaban J connectivity index is 4.61. The topological polar surface area (TPSA) is 83.9 Å². The minimum absolute atomic E-state index is 0.304. The Kier molecular flexibility index (Phi) is 13.7. The van der Waals surface area contributed by atoms with Crippen molar-refractivity contribution in [3.8, 4) is 0 Å². The van der Waals surface area contributed by atoms with Gasteiger partial charge in [-0.2, -0.15) is 0 Å². The normalized spacial score (nSPS) is 15.4. The minimum Gasteiger partial charge on any atom is -0.389 e. The van der Waals surface area contributed by atoms with E-state index in [1.165, 1.54) is 0 Å². The minimum atomic E-state index is -0.898. The number of hydrogen-bond acceptors (Lipinski definition) is 8. The van der Waals surface area contributed by atoms with Gasteiger partial charge >= 0.3 is 0 Å². The van der Waals surface area contributed by atoms with Crippen molar-refractivity contribution in [3.05, 3.63) is 0 Å². The molecular weight excluding hydrogens is 364 g/mol. The van der Waals surface area contributed by atoms with Crippen molar-refractivity contribution in [1.29, 1.82) is 0 Å². The molecule has 0 aliphatic heterocycles. The lowest BCUT2D eigenvalue weighted by molar-refractivity contribution is -0.231. The Morgan fingerprint density at radius 2 is 0.893 bits per heavy atom. The average Bonchev–Trinajstić information content (AvgIpc) is 2.54. The van der Waals surface area contributed by atoms with E-state index in [9.17, 15) is 10.2 Å². The van der Waals surface area contributed by atoms with Crippen LogP contribution in [-0.4, -0.2) is 110 Å². The molecule has 8 nitrogen and oxygen atoms in total. The Bertz CT molecular complexity index is 351. The molecule has 2 N–H and O–H groups in total. The maximum Gasteiger partial charge on any atom is 0.178 e. The van der Waals surface area contributed by atoms with E-state index in [2.05, 4.69) is 0 Å². The molecule has 0 amide bonds. The molecule has 0 radical (unpaired) electrons. The first-order valence-corrected chi connectivity index (χ1v) is 10.3. The molecule has 0 aliphatic rings. The van der Waals surface area contributed by atoms with Gasteiger partial charge in [0.1, 0.15) is 0 Å². The molecule has 0 heterocycles. The van der Waals surface area contributed by atoms with Gasteiger partial charge in [0.25, 0.3) is 0 Å². The molecule has 8 heteroatoms. The Hall–Kier alpha value is -0.320. The van der Waals surface area contributed by atoms with Crippen LogP contribution in [0.4, 0.5) is 0 Å². The molecule has 0 rings (SSSR count).